The van der Waals surface area contributed by atoms with E-state index in [2.05, 4.69) is 46.8 Å². The zero-order valence-electron chi connectivity index (χ0n) is 16.2. The van der Waals surface area contributed by atoms with Gasteiger partial charge in [0.1, 0.15) is 11.3 Å². The average Bonchev–Trinajstić information content (AvgIpc) is 3.22. The Morgan fingerprint density at radius 2 is 2.07 bits per heavy atom. The number of aromatic nitrogens is 4. The summed E-state index contributed by atoms with van der Waals surface area (Å²) in [6, 6.07) is 3.87. The van der Waals surface area contributed by atoms with Gasteiger partial charge in [-0.1, -0.05) is 19.8 Å². The third kappa shape index (κ3) is 3.33. The molecule has 4 aromatic rings. The Kier molecular flexibility index (Phi) is 4.33. The minimum absolute atomic E-state index is 0.241. The van der Waals surface area contributed by atoms with Gasteiger partial charge in [0.05, 0.1) is 15.7 Å². The fraction of sp³-hybridized carbons (Fsp3) is 0.286. The second kappa shape index (κ2) is 6.59. The zero-order chi connectivity index (χ0) is 20.1. The first-order valence-electron chi connectivity index (χ1n) is 9.00. The molecule has 0 fully saturated rings. The van der Waals surface area contributed by atoms with Crippen molar-refractivity contribution in [3.8, 4) is 17.7 Å². The van der Waals surface area contributed by atoms with Crippen molar-refractivity contribution in [1.29, 1.82) is 0 Å². The summed E-state index contributed by atoms with van der Waals surface area (Å²) < 4.78 is 3.01. The number of hydrogen-bond donors (Lipinski definition) is 2. The molecule has 0 unspecified atom stereocenters. The van der Waals surface area contributed by atoms with Gasteiger partial charge in [0.2, 0.25) is 5.95 Å². The predicted molar refractivity (Wildman–Crippen MR) is 114 cm³/mol. The molecule has 142 valence electrons. The van der Waals surface area contributed by atoms with E-state index in [0.29, 0.717) is 11.6 Å². The van der Waals surface area contributed by atoms with Crippen LogP contribution in [0, 0.1) is 11.8 Å². The fourth-order valence-corrected chi connectivity index (χ4v) is 3.91. The Morgan fingerprint density at radius 3 is 2.79 bits per heavy atom. The standard InChI is InChI=1S/C21H21N5OS/c1-12(2)15-11-26(19-18-16(6-8-28-18)24-20(22)25-19)17-9-13(23-10-14(15)17)5-7-21(3,4)27/h6,8-12,27H,1-4H3,(H2,22,24,25). The maximum absolute atomic E-state index is 9.89. The number of pyridine rings is 1. The van der Waals surface area contributed by atoms with Crippen LogP contribution < -0.4 is 5.73 Å². The summed E-state index contributed by atoms with van der Waals surface area (Å²) in [6.45, 7) is 7.59. The lowest BCUT2D eigenvalue weighted by Gasteiger charge is -2.07. The van der Waals surface area contributed by atoms with Crippen LogP contribution in [0.15, 0.2) is 29.9 Å². The van der Waals surface area contributed by atoms with Gasteiger partial charge in [0.25, 0.3) is 0 Å². The number of nitrogen functional groups attached to an aromatic ring is 1. The second-order valence-electron chi connectivity index (χ2n) is 7.55. The Balaban J connectivity index is 2.01. The largest absolute Gasteiger partial charge is 0.378 e. The number of fused-ring (bicyclic) bond motifs is 2. The van der Waals surface area contributed by atoms with Crippen molar-refractivity contribution in [2.75, 3.05) is 5.73 Å². The molecule has 0 radical (unpaired) electrons. The van der Waals surface area contributed by atoms with Crippen LogP contribution in [-0.4, -0.2) is 30.2 Å². The SMILES string of the molecule is CC(C)c1cn(-c2nc(N)nc3ccsc23)c2cc(C#CC(C)(C)O)ncc12. The Labute approximate surface area is 167 Å². The molecule has 28 heavy (non-hydrogen) atoms. The van der Waals surface area contributed by atoms with E-state index in [-0.39, 0.29) is 5.95 Å². The molecular formula is C21H21N5OS. The third-order valence-electron chi connectivity index (χ3n) is 4.37. The zero-order valence-corrected chi connectivity index (χ0v) is 17.0. The lowest BCUT2D eigenvalue weighted by atomic mass is 10.0. The Bertz CT molecular complexity index is 1250. The van der Waals surface area contributed by atoms with E-state index >= 15 is 0 Å². The molecule has 0 aromatic carbocycles. The summed E-state index contributed by atoms with van der Waals surface area (Å²) in [7, 11) is 0. The van der Waals surface area contributed by atoms with Crippen molar-refractivity contribution in [2.24, 2.45) is 0 Å². The maximum Gasteiger partial charge on any atom is 0.222 e. The topological polar surface area (TPSA) is 89.9 Å². The van der Waals surface area contributed by atoms with Crippen LogP contribution in [0.25, 0.3) is 26.9 Å². The minimum atomic E-state index is -1.08. The summed E-state index contributed by atoms with van der Waals surface area (Å²) in [5, 5.41) is 12.9. The molecule has 0 saturated heterocycles. The predicted octanol–water partition coefficient (Wildman–Crippen LogP) is 3.86. The number of nitrogens with zero attached hydrogens (tertiary/aromatic N) is 4. The molecule has 3 N–H and O–H groups in total. The van der Waals surface area contributed by atoms with Crippen LogP contribution in [0.3, 0.4) is 0 Å². The minimum Gasteiger partial charge on any atom is -0.378 e. The van der Waals surface area contributed by atoms with E-state index in [9.17, 15) is 5.11 Å². The van der Waals surface area contributed by atoms with Gasteiger partial charge in [0, 0.05) is 17.8 Å². The number of anilines is 1. The molecule has 0 aliphatic carbocycles. The number of aliphatic hydroxyl groups is 1. The summed E-state index contributed by atoms with van der Waals surface area (Å²) in [6.07, 6.45) is 3.93. The highest BCUT2D eigenvalue weighted by Gasteiger charge is 2.17. The first-order valence-corrected chi connectivity index (χ1v) is 9.88. The van der Waals surface area contributed by atoms with E-state index in [1.54, 1.807) is 25.2 Å². The van der Waals surface area contributed by atoms with Gasteiger partial charge in [-0.3, -0.25) is 4.57 Å². The highest BCUT2D eigenvalue weighted by atomic mass is 32.1. The maximum atomic E-state index is 9.89. The van der Waals surface area contributed by atoms with Crippen molar-refractivity contribution in [2.45, 2.75) is 39.2 Å². The lowest BCUT2D eigenvalue weighted by molar-refractivity contribution is 0.143. The summed E-state index contributed by atoms with van der Waals surface area (Å²) in [5.41, 5.74) is 8.43. The number of nitrogens with two attached hydrogens (primary N) is 1. The van der Waals surface area contributed by atoms with E-state index < -0.39 is 5.60 Å². The van der Waals surface area contributed by atoms with E-state index in [1.165, 1.54) is 5.56 Å². The summed E-state index contributed by atoms with van der Waals surface area (Å²) in [5.74, 6) is 7.08. The van der Waals surface area contributed by atoms with E-state index in [4.69, 9.17) is 5.73 Å². The summed E-state index contributed by atoms with van der Waals surface area (Å²) in [4.78, 5) is 13.3. The smallest absolute Gasteiger partial charge is 0.222 e. The van der Waals surface area contributed by atoms with Gasteiger partial charge in [-0.15, -0.1) is 11.3 Å². The number of thiophene rings is 1. The molecule has 0 amide bonds. The molecule has 6 nitrogen and oxygen atoms in total. The second-order valence-corrected chi connectivity index (χ2v) is 8.46. The van der Waals surface area contributed by atoms with Crippen LogP contribution in [0.5, 0.6) is 0 Å². The molecule has 0 atom stereocenters. The molecule has 0 saturated carbocycles. The van der Waals surface area contributed by atoms with Gasteiger partial charge in [-0.05, 0) is 48.8 Å². The molecule has 0 bridgehead atoms. The van der Waals surface area contributed by atoms with Crippen LogP contribution in [0.1, 0.15) is 44.9 Å². The molecular weight excluding hydrogens is 370 g/mol. The number of rotatable bonds is 2. The highest BCUT2D eigenvalue weighted by Crippen LogP contribution is 2.33. The van der Waals surface area contributed by atoms with Crippen LogP contribution in [-0.2, 0) is 0 Å². The molecule has 0 aliphatic rings. The van der Waals surface area contributed by atoms with Gasteiger partial charge < -0.3 is 10.8 Å². The van der Waals surface area contributed by atoms with Crippen molar-refractivity contribution >= 4 is 38.4 Å². The van der Waals surface area contributed by atoms with Gasteiger partial charge in [0.15, 0.2) is 5.82 Å². The monoisotopic (exact) mass is 391 g/mol. The molecule has 0 aliphatic heterocycles. The van der Waals surface area contributed by atoms with Gasteiger partial charge in [-0.2, -0.15) is 4.98 Å². The highest BCUT2D eigenvalue weighted by molar-refractivity contribution is 7.17. The molecule has 4 aromatic heterocycles. The first-order chi connectivity index (χ1) is 13.2. The van der Waals surface area contributed by atoms with E-state index in [1.807, 2.05) is 28.3 Å². The fourth-order valence-electron chi connectivity index (χ4n) is 3.09. The van der Waals surface area contributed by atoms with Gasteiger partial charge >= 0.3 is 0 Å². The van der Waals surface area contributed by atoms with Crippen LogP contribution in [0.2, 0.25) is 0 Å². The quantitative estimate of drug-likeness (QED) is 0.507. The average molecular weight is 392 g/mol. The van der Waals surface area contributed by atoms with Crippen molar-refractivity contribution in [3.63, 3.8) is 0 Å². The van der Waals surface area contributed by atoms with Gasteiger partial charge in [-0.25, -0.2) is 9.97 Å². The van der Waals surface area contributed by atoms with Crippen molar-refractivity contribution in [3.05, 3.63) is 41.2 Å². The van der Waals surface area contributed by atoms with E-state index in [0.717, 1.165) is 26.9 Å². The summed E-state index contributed by atoms with van der Waals surface area (Å²) >= 11 is 1.58. The van der Waals surface area contributed by atoms with Crippen LogP contribution in [0.4, 0.5) is 5.95 Å². The van der Waals surface area contributed by atoms with Crippen molar-refractivity contribution < 1.29 is 5.11 Å². The Morgan fingerprint density at radius 1 is 1.29 bits per heavy atom. The normalized spacial score (nSPS) is 11.9. The lowest BCUT2D eigenvalue weighted by Crippen LogP contribution is -2.14. The van der Waals surface area contributed by atoms with Crippen molar-refractivity contribution in [1.82, 2.24) is 19.5 Å². The van der Waals surface area contributed by atoms with Crippen LogP contribution >= 0.6 is 11.3 Å². The molecule has 7 heteroatoms. The first kappa shape index (κ1) is 18.4. The molecule has 4 rings (SSSR count). The number of hydrogen-bond acceptors (Lipinski definition) is 6. The Hall–Kier alpha value is -2.95. The third-order valence-corrected chi connectivity index (χ3v) is 5.27. The molecule has 4 heterocycles. The molecule has 0 spiro atoms.